The van der Waals surface area contributed by atoms with Crippen LogP contribution in [0.5, 0.6) is 11.5 Å². The third-order valence-electron chi connectivity index (χ3n) is 4.85. The van der Waals surface area contributed by atoms with Gasteiger partial charge in [-0.1, -0.05) is 17.3 Å². The van der Waals surface area contributed by atoms with Crippen LogP contribution in [-0.2, 0) is 17.9 Å². The molecule has 2 heterocycles. The summed E-state index contributed by atoms with van der Waals surface area (Å²) in [7, 11) is 0. The third kappa shape index (κ3) is 4.47. The van der Waals surface area contributed by atoms with Gasteiger partial charge in [-0.15, -0.1) is 5.10 Å². The van der Waals surface area contributed by atoms with E-state index in [0.29, 0.717) is 35.0 Å². The summed E-state index contributed by atoms with van der Waals surface area (Å²) in [5, 5.41) is 13.1. The number of amides is 2. The molecule has 2 N–H and O–H groups in total. The first-order chi connectivity index (χ1) is 14.9. The maximum absolute atomic E-state index is 13.7. The van der Waals surface area contributed by atoms with Crippen LogP contribution in [0.15, 0.2) is 36.4 Å². The number of aromatic nitrogens is 3. The van der Waals surface area contributed by atoms with Crippen molar-refractivity contribution in [2.45, 2.75) is 26.9 Å². The van der Waals surface area contributed by atoms with Crippen molar-refractivity contribution in [1.82, 2.24) is 20.3 Å². The molecule has 2 aromatic carbocycles. The quantitative estimate of drug-likeness (QED) is 0.628. The number of carbonyl (C=O) groups excluding carboxylic acids is 2. The highest BCUT2D eigenvalue weighted by molar-refractivity contribution is 6.03. The lowest BCUT2D eigenvalue weighted by molar-refractivity contribution is -0.122. The molecule has 10 heteroatoms. The van der Waals surface area contributed by atoms with E-state index in [1.165, 1.54) is 10.7 Å². The number of nitrogens with one attached hydrogen (secondary N) is 2. The van der Waals surface area contributed by atoms with E-state index in [0.717, 1.165) is 5.56 Å². The Balaban J connectivity index is 1.35. The van der Waals surface area contributed by atoms with E-state index in [1.54, 1.807) is 38.1 Å². The van der Waals surface area contributed by atoms with Crippen molar-refractivity contribution >= 4 is 17.5 Å². The standard InChI is InChI=1S/C21H20FN5O4/c1-12-3-5-15(8-16(12)22)24-21(29)20-13(2)27(26-25-20)10-19(28)23-9-14-4-6-17-18(7-14)31-11-30-17/h3-8H,9-11H2,1-2H3,(H,23,28)(H,24,29). The summed E-state index contributed by atoms with van der Waals surface area (Å²) in [5.41, 5.74) is 2.13. The van der Waals surface area contributed by atoms with Crippen molar-refractivity contribution in [3.8, 4) is 11.5 Å². The molecule has 2 amide bonds. The molecule has 0 fully saturated rings. The van der Waals surface area contributed by atoms with E-state index in [1.807, 2.05) is 6.07 Å². The van der Waals surface area contributed by atoms with Crippen LogP contribution in [0.1, 0.15) is 27.3 Å². The minimum absolute atomic E-state index is 0.0598. The molecule has 31 heavy (non-hydrogen) atoms. The highest BCUT2D eigenvalue weighted by Gasteiger charge is 2.19. The average molecular weight is 425 g/mol. The summed E-state index contributed by atoms with van der Waals surface area (Å²) >= 11 is 0. The molecule has 0 bridgehead atoms. The van der Waals surface area contributed by atoms with E-state index in [4.69, 9.17) is 9.47 Å². The maximum atomic E-state index is 13.7. The lowest BCUT2D eigenvalue weighted by Crippen LogP contribution is -2.28. The van der Waals surface area contributed by atoms with E-state index in [-0.39, 0.29) is 24.9 Å². The molecule has 160 valence electrons. The summed E-state index contributed by atoms with van der Waals surface area (Å²) < 4.78 is 25.6. The zero-order chi connectivity index (χ0) is 22.0. The minimum atomic E-state index is -0.534. The van der Waals surface area contributed by atoms with E-state index in [9.17, 15) is 14.0 Å². The number of nitrogens with zero attached hydrogens (tertiary/aromatic N) is 3. The summed E-state index contributed by atoms with van der Waals surface area (Å²) in [6.07, 6.45) is 0. The molecular weight excluding hydrogens is 405 g/mol. The predicted octanol–water partition coefficient (Wildman–Crippen LogP) is 2.33. The number of hydrogen-bond acceptors (Lipinski definition) is 6. The number of halogens is 1. The predicted molar refractivity (Wildman–Crippen MR) is 108 cm³/mol. The lowest BCUT2D eigenvalue weighted by Gasteiger charge is -2.08. The fourth-order valence-electron chi connectivity index (χ4n) is 3.02. The Morgan fingerprint density at radius 1 is 1.13 bits per heavy atom. The number of benzene rings is 2. The van der Waals surface area contributed by atoms with Gasteiger partial charge in [0.05, 0.1) is 5.69 Å². The number of carbonyl (C=O) groups is 2. The summed E-state index contributed by atoms with van der Waals surface area (Å²) in [5.74, 6) is 0.0683. The van der Waals surface area contributed by atoms with Gasteiger partial charge < -0.3 is 20.1 Å². The molecule has 0 aliphatic carbocycles. The fraction of sp³-hybridized carbons (Fsp3) is 0.238. The van der Waals surface area contributed by atoms with Gasteiger partial charge in [0, 0.05) is 12.2 Å². The molecule has 9 nitrogen and oxygen atoms in total. The molecule has 0 saturated heterocycles. The van der Waals surface area contributed by atoms with Crippen LogP contribution in [0.3, 0.4) is 0 Å². The molecule has 0 radical (unpaired) electrons. The van der Waals surface area contributed by atoms with Crippen LogP contribution in [0, 0.1) is 19.7 Å². The Bertz CT molecular complexity index is 1160. The number of fused-ring (bicyclic) bond motifs is 1. The van der Waals surface area contributed by atoms with Crippen molar-refractivity contribution in [3.63, 3.8) is 0 Å². The largest absolute Gasteiger partial charge is 0.454 e. The van der Waals surface area contributed by atoms with Gasteiger partial charge >= 0.3 is 0 Å². The number of rotatable bonds is 6. The first kappa shape index (κ1) is 20.3. The molecule has 4 rings (SSSR count). The highest BCUT2D eigenvalue weighted by Crippen LogP contribution is 2.32. The number of ether oxygens (including phenoxy) is 2. The zero-order valence-electron chi connectivity index (χ0n) is 16.9. The lowest BCUT2D eigenvalue weighted by atomic mass is 10.2. The third-order valence-corrected chi connectivity index (χ3v) is 4.85. The topological polar surface area (TPSA) is 107 Å². The van der Waals surface area contributed by atoms with E-state index >= 15 is 0 Å². The van der Waals surface area contributed by atoms with Crippen LogP contribution in [-0.4, -0.2) is 33.6 Å². The fourth-order valence-corrected chi connectivity index (χ4v) is 3.02. The Kier molecular flexibility index (Phi) is 5.52. The molecule has 0 atom stereocenters. The average Bonchev–Trinajstić information content (AvgIpc) is 3.35. The molecular formula is C21H20FN5O4. The Morgan fingerprint density at radius 3 is 2.74 bits per heavy atom. The summed E-state index contributed by atoms with van der Waals surface area (Å²) in [6.45, 7) is 3.65. The van der Waals surface area contributed by atoms with Gasteiger partial charge in [-0.2, -0.15) is 0 Å². The van der Waals surface area contributed by atoms with Crippen LogP contribution in [0.4, 0.5) is 10.1 Å². The molecule has 1 aliphatic rings. The monoisotopic (exact) mass is 425 g/mol. The second kappa shape index (κ2) is 8.42. The minimum Gasteiger partial charge on any atom is -0.454 e. The van der Waals surface area contributed by atoms with Crippen molar-refractivity contribution in [2.24, 2.45) is 0 Å². The SMILES string of the molecule is Cc1ccc(NC(=O)c2nnn(CC(=O)NCc3ccc4c(c3)OCO4)c2C)cc1F. The molecule has 1 aromatic heterocycles. The molecule has 0 unspecified atom stereocenters. The Morgan fingerprint density at radius 2 is 1.94 bits per heavy atom. The Hall–Kier alpha value is -3.95. The second-order valence-electron chi connectivity index (χ2n) is 7.06. The smallest absolute Gasteiger partial charge is 0.278 e. The van der Waals surface area contributed by atoms with Gasteiger partial charge in [-0.25, -0.2) is 9.07 Å². The van der Waals surface area contributed by atoms with Gasteiger partial charge in [0.2, 0.25) is 12.7 Å². The van der Waals surface area contributed by atoms with E-state index in [2.05, 4.69) is 20.9 Å². The normalized spacial score (nSPS) is 12.0. The second-order valence-corrected chi connectivity index (χ2v) is 7.06. The van der Waals surface area contributed by atoms with Crippen molar-refractivity contribution in [2.75, 3.05) is 12.1 Å². The zero-order valence-corrected chi connectivity index (χ0v) is 16.9. The first-order valence-corrected chi connectivity index (χ1v) is 9.53. The Labute approximate surface area is 177 Å². The first-order valence-electron chi connectivity index (χ1n) is 9.53. The van der Waals surface area contributed by atoms with Crippen LogP contribution < -0.4 is 20.1 Å². The van der Waals surface area contributed by atoms with Crippen molar-refractivity contribution < 1.29 is 23.5 Å². The van der Waals surface area contributed by atoms with Gasteiger partial charge in [0.25, 0.3) is 5.91 Å². The summed E-state index contributed by atoms with van der Waals surface area (Å²) in [4.78, 5) is 24.8. The van der Waals surface area contributed by atoms with Gasteiger partial charge in [0.1, 0.15) is 12.4 Å². The highest BCUT2D eigenvalue weighted by atomic mass is 19.1. The van der Waals surface area contributed by atoms with Crippen LogP contribution in [0.25, 0.3) is 0 Å². The number of anilines is 1. The van der Waals surface area contributed by atoms with Crippen LogP contribution in [0.2, 0.25) is 0 Å². The van der Waals surface area contributed by atoms with Crippen molar-refractivity contribution in [3.05, 3.63) is 64.7 Å². The number of hydrogen-bond donors (Lipinski definition) is 2. The van der Waals surface area contributed by atoms with Gasteiger partial charge in [0.15, 0.2) is 17.2 Å². The van der Waals surface area contributed by atoms with Gasteiger partial charge in [-0.3, -0.25) is 9.59 Å². The maximum Gasteiger partial charge on any atom is 0.278 e. The van der Waals surface area contributed by atoms with Crippen molar-refractivity contribution in [1.29, 1.82) is 0 Å². The van der Waals surface area contributed by atoms with E-state index < -0.39 is 11.7 Å². The van der Waals surface area contributed by atoms with Crippen LogP contribution >= 0.6 is 0 Å². The molecule has 3 aromatic rings. The van der Waals surface area contributed by atoms with Gasteiger partial charge in [-0.05, 0) is 49.2 Å². The molecule has 0 spiro atoms. The summed E-state index contributed by atoms with van der Waals surface area (Å²) in [6, 6.07) is 9.83. The molecule has 1 aliphatic heterocycles. The molecule has 0 saturated carbocycles. The number of aryl methyl sites for hydroxylation is 1.